The lowest BCUT2D eigenvalue weighted by molar-refractivity contribution is 0.112. The first-order valence-corrected chi connectivity index (χ1v) is 6.05. The zero-order valence-corrected chi connectivity index (χ0v) is 11.1. The molecule has 0 aromatic carbocycles. The fraction of sp³-hybridized carbons (Fsp3) is 0.214. The number of carbonyl (C=O) groups is 1. The molecule has 0 aliphatic rings. The van der Waals surface area contributed by atoms with Crippen LogP contribution in [0.5, 0.6) is 0 Å². The Labute approximate surface area is 110 Å². The van der Waals surface area contributed by atoms with Crippen LogP contribution in [-0.4, -0.2) is 25.6 Å². The smallest absolute Gasteiger partial charge is 0.155 e. The standard InChI is InChI=1S/C14H14N4O/c1-9-7-18(13-11(9)5-4-6-15-13)14-12(8-19)10(2)16-17(14)3/h4-8H,1-3H3. The number of hydrogen-bond acceptors (Lipinski definition) is 3. The van der Waals surface area contributed by atoms with Gasteiger partial charge in [0.05, 0.1) is 11.3 Å². The van der Waals surface area contributed by atoms with Crippen molar-refractivity contribution >= 4 is 17.3 Å². The van der Waals surface area contributed by atoms with E-state index in [1.165, 1.54) is 0 Å². The number of pyridine rings is 1. The van der Waals surface area contributed by atoms with Gasteiger partial charge in [0.2, 0.25) is 0 Å². The third-order valence-corrected chi connectivity index (χ3v) is 3.35. The molecule has 0 atom stereocenters. The third kappa shape index (κ3) is 1.58. The fourth-order valence-electron chi connectivity index (χ4n) is 2.47. The first kappa shape index (κ1) is 11.6. The molecule has 0 saturated carbocycles. The van der Waals surface area contributed by atoms with E-state index in [2.05, 4.69) is 10.1 Å². The topological polar surface area (TPSA) is 52.7 Å². The summed E-state index contributed by atoms with van der Waals surface area (Å²) in [5, 5.41) is 5.39. The highest BCUT2D eigenvalue weighted by molar-refractivity contribution is 5.86. The van der Waals surface area contributed by atoms with E-state index in [4.69, 9.17) is 0 Å². The van der Waals surface area contributed by atoms with Gasteiger partial charge in [-0.15, -0.1) is 0 Å². The van der Waals surface area contributed by atoms with E-state index in [0.29, 0.717) is 5.56 Å². The van der Waals surface area contributed by atoms with Crippen LogP contribution in [0.3, 0.4) is 0 Å². The monoisotopic (exact) mass is 254 g/mol. The van der Waals surface area contributed by atoms with E-state index < -0.39 is 0 Å². The lowest BCUT2D eigenvalue weighted by Gasteiger charge is -2.05. The summed E-state index contributed by atoms with van der Waals surface area (Å²) in [5.74, 6) is 0.754. The normalized spacial score (nSPS) is 11.1. The highest BCUT2D eigenvalue weighted by Gasteiger charge is 2.17. The molecule has 3 rings (SSSR count). The van der Waals surface area contributed by atoms with Crippen molar-refractivity contribution in [3.05, 3.63) is 41.3 Å². The molecule has 3 aromatic rings. The SMILES string of the molecule is Cc1nn(C)c(-n2cc(C)c3cccnc32)c1C=O. The predicted molar refractivity (Wildman–Crippen MR) is 72.7 cm³/mol. The Kier molecular flexibility index (Phi) is 2.48. The van der Waals surface area contributed by atoms with Gasteiger partial charge in [-0.05, 0) is 31.5 Å². The van der Waals surface area contributed by atoms with Crippen LogP contribution in [0.1, 0.15) is 21.6 Å². The van der Waals surface area contributed by atoms with Gasteiger partial charge in [-0.25, -0.2) is 4.98 Å². The summed E-state index contributed by atoms with van der Waals surface area (Å²) in [6.45, 7) is 3.86. The van der Waals surface area contributed by atoms with E-state index in [0.717, 1.165) is 34.4 Å². The zero-order valence-electron chi connectivity index (χ0n) is 11.1. The van der Waals surface area contributed by atoms with Gasteiger partial charge >= 0.3 is 0 Å². The van der Waals surface area contributed by atoms with E-state index in [-0.39, 0.29) is 0 Å². The molecule has 0 spiro atoms. The van der Waals surface area contributed by atoms with Crippen LogP contribution in [0.2, 0.25) is 0 Å². The molecule has 0 amide bonds. The molecule has 96 valence electrons. The number of fused-ring (bicyclic) bond motifs is 1. The van der Waals surface area contributed by atoms with E-state index in [1.807, 2.05) is 43.8 Å². The van der Waals surface area contributed by atoms with Gasteiger partial charge in [0, 0.05) is 24.8 Å². The second-order valence-electron chi connectivity index (χ2n) is 4.62. The second-order valence-corrected chi connectivity index (χ2v) is 4.62. The summed E-state index contributed by atoms with van der Waals surface area (Å²) in [5.41, 5.74) is 3.29. The number of aryl methyl sites for hydroxylation is 3. The maximum Gasteiger partial charge on any atom is 0.155 e. The van der Waals surface area contributed by atoms with Gasteiger partial charge in [-0.3, -0.25) is 14.0 Å². The van der Waals surface area contributed by atoms with Crippen molar-refractivity contribution in [1.82, 2.24) is 19.3 Å². The molecule has 0 radical (unpaired) electrons. The number of aldehydes is 1. The minimum Gasteiger partial charge on any atom is -0.298 e. The first-order valence-electron chi connectivity index (χ1n) is 6.05. The van der Waals surface area contributed by atoms with E-state index in [9.17, 15) is 4.79 Å². The molecule has 19 heavy (non-hydrogen) atoms. The number of rotatable bonds is 2. The van der Waals surface area contributed by atoms with E-state index >= 15 is 0 Å². The zero-order chi connectivity index (χ0) is 13.6. The average Bonchev–Trinajstić information content (AvgIpc) is 2.87. The Morgan fingerprint density at radius 3 is 2.84 bits per heavy atom. The summed E-state index contributed by atoms with van der Waals surface area (Å²) in [6, 6.07) is 3.94. The highest BCUT2D eigenvalue weighted by atomic mass is 16.1. The molecule has 0 aliphatic heterocycles. The summed E-state index contributed by atoms with van der Waals surface area (Å²) in [6.07, 6.45) is 4.59. The van der Waals surface area contributed by atoms with Crippen molar-refractivity contribution in [3.8, 4) is 5.82 Å². The largest absolute Gasteiger partial charge is 0.298 e. The van der Waals surface area contributed by atoms with Crippen LogP contribution < -0.4 is 0 Å². The van der Waals surface area contributed by atoms with Crippen molar-refractivity contribution in [2.45, 2.75) is 13.8 Å². The van der Waals surface area contributed by atoms with Crippen LogP contribution >= 0.6 is 0 Å². The van der Waals surface area contributed by atoms with Crippen molar-refractivity contribution in [2.75, 3.05) is 0 Å². The van der Waals surface area contributed by atoms with Gasteiger partial charge in [-0.2, -0.15) is 5.10 Å². The molecular weight excluding hydrogens is 240 g/mol. The van der Waals surface area contributed by atoms with Crippen molar-refractivity contribution < 1.29 is 4.79 Å². The quantitative estimate of drug-likeness (QED) is 0.659. The van der Waals surface area contributed by atoms with Crippen molar-refractivity contribution in [3.63, 3.8) is 0 Å². The van der Waals surface area contributed by atoms with Crippen molar-refractivity contribution in [1.29, 1.82) is 0 Å². The summed E-state index contributed by atoms with van der Waals surface area (Å²) in [7, 11) is 1.83. The van der Waals surface area contributed by atoms with Gasteiger partial charge in [0.15, 0.2) is 6.29 Å². The predicted octanol–water partition coefficient (Wildman–Crippen LogP) is 2.19. The molecule has 3 heterocycles. The molecule has 0 fully saturated rings. The van der Waals surface area contributed by atoms with Crippen LogP contribution in [0.15, 0.2) is 24.5 Å². The molecule has 0 bridgehead atoms. The molecule has 5 heteroatoms. The molecule has 5 nitrogen and oxygen atoms in total. The number of aromatic nitrogens is 4. The van der Waals surface area contributed by atoms with Gasteiger partial charge in [0.25, 0.3) is 0 Å². The number of nitrogens with zero attached hydrogens (tertiary/aromatic N) is 4. The Morgan fingerprint density at radius 2 is 2.11 bits per heavy atom. The second kappa shape index (κ2) is 4.05. The maximum absolute atomic E-state index is 11.3. The number of hydrogen-bond donors (Lipinski definition) is 0. The minimum atomic E-state index is 0.602. The van der Waals surface area contributed by atoms with Crippen LogP contribution in [0, 0.1) is 13.8 Å². The summed E-state index contributed by atoms with van der Waals surface area (Å²) < 4.78 is 3.64. The fourth-order valence-corrected chi connectivity index (χ4v) is 2.47. The molecule has 3 aromatic heterocycles. The molecule has 0 N–H and O–H groups in total. The third-order valence-electron chi connectivity index (χ3n) is 3.35. The molecular formula is C14H14N4O. The maximum atomic E-state index is 11.3. The van der Waals surface area contributed by atoms with Crippen molar-refractivity contribution in [2.24, 2.45) is 7.05 Å². The van der Waals surface area contributed by atoms with Crippen LogP contribution in [0.25, 0.3) is 16.9 Å². The lowest BCUT2D eigenvalue weighted by Crippen LogP contribution is -2.04. The van der Waals surface area contributed by atoms with E-state index in [1.54, 1.807) is 10.9 Å². The minimum absolute atomic E-state index is 0.602. The first-order chi connectivity index (χ1) is 9.13. The summed E-state index contributed by atoms with van der Waals surface area (Å²) >= 11 is 0. The highest BCUT2D eigenvalue weighted by Crippen LogP contribution is 2.24. The van der Waals surface area contributed by atoms with Crippen LogP contribution in [-0.2, 0) is 7.05 Å². The van der Waals surface area contributed by atoms with Crippen LogP contribution in [0.4, 0.5) is 0 Å². The van der Waals surface area contributed by atoms with Gasteiger partial charge < -0.3 is 0 Å². The van der Waals surface area contributed by atoms with Gasteiger partial charge in [0.1, 0.15) is 11.5 Å². The average molecular weight is 254 g/mol. The molecule has 0 aliphatic carbocycles. The lowest BCUT2D eigenvalue weighted by atomic mass is 10.2. The molecule has 0 saturated heterocycles. The Balaban J connectivity index is 2.40. The Bertz CT molecular complexity index is 782. The Morgan fingerprint density at radius 1 is 1.32 bits per heavy atom. The molecule has 0 unspecified atom stereocenters. The Hall–Kier alpha value is -2.43. The van der Waals surface area contributed by atoms with Gasteiger partial charge in [-0.1, -0.05) is 0 Å². The number of carbonyl (C=O) groups excluding carboxylic acids is 1. The summed E-state index contributed by atoms with van der Waals surface area (Å²) in [4.78, 5) is 15.7.